The predicted molar refractivity (Wildman–Crippen MR) is 65.9 cm³/mol. The lowest BCUT2D eigenvalue weighted by Gasteiger charge is -2.25. The van der Waals surface area contributed by atoms with Gasteiger partial charge in [-0.25, -0.2) is 0 Å². The number of rotatable bonds is 5. The maximum Gasteiger partial charge on any atom is -0.00172 e. The Bertz CT molecular complexity index is 227. The van der Waals surface area contributed by atoms with Crippen molar-refractivity contribution < 1.29 is 0 Å². The fourth-order valence-corrected chi connectivity index (χ4v) is 2.86. The van der Waals surface area contributed by atoms with Crippen LogP contribution in [0.2, 0.25) is 0 Å². The summed E-state index contributed by atoms with van der Waals surface area (Å²) in [4.78, 5) is 0. The van der Waals surface area contributed by atoms with Crippen LogP contribution >= 0.6 is 0 Å². The quantitative estimate of drug-likeness (QED) is 0.538. The van der Waals surface area contributed by atoms with Gasteiger partial charge in [0.2, 0.25) is 0 Å². The molecule has 0 spiro atoms. The Morgan fingerprint density at radius 3 is 2.80 bits per heavy atom. The monoisotopic (exact) mass is 207 g/mol. The Labute approximate surface area is 94.3 Å². The summed E-state index contributed by atoms with van der Waals surface area (Å²) in [6.45, 7) is 7.12. The third kappa shape index (κ3) is 3.98. The first-order chi connectivity index (χ1) is 7.24. The van der Waals surface area contributed by atoms with Gasteiger partial charge in [-0.3, -0.25) is 0 Å². The summed E-state index contributed by atoms with van der Waals surface area (Å²) in [7, 11) is 0. The highest BCUT2D eigenvalue weighted by Gasteiger charge is 2.21. The smallest absolute Gasteiger partial charge is 0.00172 e. The Balaban J connectivity index is 1.59. The van der Waals surface area contributed by atoms with Crippen molar-refractivity contribution in [3.05, 3.63) is 11.6 Å². The molecule has 0 bridgehead atoms. The van der Waals surface area contributed by atoms with Crippen molar-refractivity contribution >= 4 is 0 Å². The summed E-state index contributed by atoms with van der Waals surface area (Å²) >= 11 is 0. The van der Waals surface area contributed by atoms with Crippen molar-refractivity contribution in [2.75, 3.05) is 13.1 Å². The second kappa shape index (κ2) is 5.16. The van der Waals surface area contributed by atoms with Crippen molar-refractivity contribution in [3.8, 4) is 0 Å². The van der Waals surface area contributed by atoms with Crippen LogP contribution in [0.3, 0.4) is 0 Å². The van der Waals surface area contributed by atoms with Crippen LogP contribution in [-0.4, -0.2) is 13.1 Å². The fourth-order valence-electron chi connectivity index (χ4n) is 2.86. The Hall–Kier alpha value is -0.300. The van der Waals surface area contributed by atoms with E-state index in [2.05, 4.69) is 25.2 Å². The van der Waals surface area contributed by atoms with Crippen molar-refractivity contribution in [1.29, 1.82) is 0 Å². The zero-order chi connectivity index (χ0) is 10.7. The molecule has 0 saturated heterocycles. The van der Waals surface area contributed by atoms with Gasteiger partial charge in [0, 0.05) is 0 Å². The first-order valence-corrected chi connectivity index (χ1v) is 6.62. The third-order valence-electron chi connectivity index (χ3n) is 3.74. The van der Waals surface area contributed by atoms with E-state index in [0.717, 1.165) is 17.8 Å². The second-order valence-corrected chi connectivity index (χ2v) is 5.73. The topological polar surface area (TPSA) is 12.0 Å². The van der Waals surface area contributed by atoms with Crippen LogP contribution in [0.15, 0.2) is 11.6 Å². The highest BCUT2D eigenvalue weighted by atomic mass is 14.9. The van der Waals surface area contributed by atoms with Crippen LogP contribution in [-0.2, 0) is 0 Å². The third-order valence-corrected chi connectivity index (χ3v) is 3.74. The lowest BCUT2D eigenvalue weighted by molar-refractivity contribution is 0.379. The zero-order valence-corrected chi connectivity index (χ0v) is 10.3. The van der Waals surface area contributed by atoms with Crippen molar-refractivity contribution in [3.63, 3.8) is 0 Å². The standard InChI is InChI=1S/C14H25N/c1-11-7-12(2)9-14(8-11)10-15-6-5-13-3-4-13/h7,11,13-15H,3-6,8-10H2,1-2H3. The molecule has 2 aliphatic rings. The molecule has 0 aromatic carbocycles. The number of allylic oxidation sites excluding steroid dienone is 2. The SMILES string of the molecule is CC1=CC(C)CC(CNCCC2CC2)C1. The first kappa shape index (κ1) is 11.2. The summed E-state index contributed by atoms with van der Waals surface area (Å²) < 4.78 is 0. The molecule has 0 aromatic heterocycles. The molecule has 2 rings (SSSR count). The first-order valence-electron chi connectivity index (χ1n) is 6.62. The van der Waals surface area contributed by atoms with Crippen LogP contribution < -0.4 is 5.32 Å². The van der Waals surface area contributed by atoms with Gasteiger partial charge < -0.3 is 5.32 Å². The van der Waals surface area contributed by atoms with Gasteiger partial charge in [0.15, 0.2) is 0 Å². The molecule has 0 amide bonds. The van der Waals surface area contributed by atoms with Crippen LogP contribution in [0.4, 0.5) is 0 Å². The van der Waals surface area contributed by atoms with Gasteiger partial charge in [-0.2, -0.15) is 0 Å². The number of hydrogen-bond acceptors (Lipinski definition) is 1. The summed E-state index contributed by atoms with van der Waals surface area (Å²) in [5.74, 6) is 2.77. The molecular weight excluding hydrogens is 182 g/mol. The fraction of sp³-hybridized carbons (Fsp3) is 0.857. The molecule has 1 fully saturated rings. The Morgan fingerprint density at radius 2 is 2.13 bits per heavy atom. The van der Waals surface area contributed by atoms with Crippen LogP contribution in [0.25, 0.3) is 0 Å². The molecule has 0 heterocycles. The van der Waals surface area contributed by atoms with Gasteiger partial charge in [0.05, 0.1) is 0 Å². The van der Waals surface area contributed by atoms with Gasteiger partial charge in [0.1, 0.15) is 0 Å². The minimum atomic E-state index is 0.800. The molecule has 1 saturated carbocycles. The van der Waals surface area contributed by atoms with Gasteiger partial charge >= 0.3 is 0 Å². The lowest BCUT2D eigenvalue weighted by atomic mass is 9.84. The van der Waals surface area contributed by atoms with Crippen molar-refractivity contribution in [2.45, 2.75) is 46.0 Å². The van der Waals surface area contributed by atoms with E-state index in [1.165, 1.54) is 45.2 Å². The van der Waals surface area contributed by atoms with Crippen LogP contribution in [0.1, 0.15) is 46.0 Å². The summed E-state index contributed by atoms with van der Waals surface area (Å²) in [5, 5.41) is 3.64. The van der Waals surface area contributed by atoms with Gasteiger partial charge in [-0.1, -0.05) is 31.4 Å². The second-order valence-electron chi connectivity index (χ2n) is 5.73. The average molecular weight is 207 g/mol. The van der Waals surface area contributed by atoms with Crippen LogP contribution in [0.5, 0.6) is 0 Å². The average Bonchev–Trinajstić information content (AvgIpc) is 2.94. The molecule has 2 unspecified atom stereocenters. The minimum absolute atomic E-state index is 0.800. The highest BCUT2D eigenvalue weighted by molar-refractivity contribution is 5.06. The van der Waals surface area contributed by atoms with Gasteiger partial charge in [-0.05, 0) is 57.0 Å². The van der Waals surface area contributed by atoms with E-state index < -0.39 is 0 Å². The van der Waals surface area contributed by atoms with Gasteiger partial charge in [0.25, 0.3) is 0 Å². The van der Waals surface area contributed by atoms with E-state index >= 15 is 0 Å². The molecule has 1 heteroatoms. The molecule has 0 aliphatic heterocycles. The van der Waals surface area contributed by atoms with E-state index in [1.54, 1.807) is 5.57 Å². The summed E-state index contributed by atoms with van der Waals surface area (Å²) in [6, 6.07) is 0. The lowest BCUT2D eigenvalue weighted by Crippen LogP contribution is -2.27. The highest BCUT2D eigenvalue weighted by Crippen LogP contribution is 2.32. The molecule has 2 atom stereocenters. The zero-order valence-electron chi connectivity index (χ0n) is 10.3. The maximum absolute atomic E-state index is 3.64. The number of nitrogens with one attached hydrogen (secondary N) is 1. The molecule has 15 heavy (non-hydrogen) atoms. The summed E-state index contributed by atoms with van der Waals surface area (Å²) in [6.07, 6.45) is 9.54. The van der Waals surface area contributed by atoms with Crippen LogP contribution in [0, 0.1) is 17.8 Å². The maximum atomic E-state index is 3.64. The van der Waals surface area contributed by atoms with E-state index in [0.29, 0.717) is 0 Å². The molecule has 1 nitrogen and oxygen atoms in total. The molecule has 1 N–H and O–H groups in total. The Kier molecular flexibility index (Phi) is 3.85. The number of hydrogen-bond donors (Lipinski definition) is 1. The van der Waals surface area contributed by atoms with E-state index in [9.17, 15) is 0 Å². The normalized spacial score (nSPS) is 31.5. The molecular formula is C14H25N. The Morgan fingerprint density at radius 1 is 1.33 bits per heavy atom. The summed E-state index contributed by atoms with van der Waals surface area (Å²) in [5.41, 5.74) is 1.60. The van der Waals surface area contributed by atoms with Crippen molar-refractivity contribution in [2.24, 2.45) is 17.8 Å². The largest absolute Gasteiger partial charge is 0.316 e. The molecule has 0 aromatic rings. The molecule has 86 valence electrons. The van der Waals surface area contributed by atoms with E-state index in [1.807, 2.05) is 0 Å². The van der Waals surface area contributed by atoms with Crippen molar-refractivity contribution in [1.82, 2.24) is 5.32 Å². The molecule has 0 radical (unpaired) electrons. The van der Waals surface area contributed by atoms with E-state index in [4.69, 9.17) is 0 Å². The molecule has 2 aliphatic carbocycles. The predicted octanol–water partition coefficient (Wildman–Crippen LogP) is 3.37. The van der Waals surface area contributed by atoms with E-state index in [-0.39, 0.29) is 0 Å². The van der Waals surface area contributed by atoms with Gasteiger partial charge in [-0.15, -0.1) is 0 Å². The minimum Gasteiger partial charge on any atom is -0.316 e.